The molecule has 15 heavy (non-hydrogen) atoms. The highest BCUT2D eigenvalue weighted by Crippen LogP contribution is 2.12. The van der Waals surface area contributed by atoms with Gasteiger partial charge in [0.1, 0.15) is 0 Å². The van der Waals surface area contributed by atoms with Crippen LogP contribution in [0.1, 0.15) is 33.1 Å². The van der Waals surface area contributed by atoms with E-state index in [1.54, 1.807) is 0 Å². The maximum Gasteiger partial charge on any atom is 0.222 e. The topological polar surface area (TPSA) is 50.4 Å². The van der Waals surface area contributed by atoms with Crippen LogP contribution < -0.4 is 10.6 Å². The average molecular weight is 214 g/mol. The van der Waals surface area contributed by atoms with E-state index < -0.39 is 0 Å². The summed E-state index contributed by atoms with van der Waals surface area (Å²) in [5.74, 6) is 0.0777. The Morgan fingerprint density at radius 2 is 2.40 bits per heavy atom. The Balaban J connectivity index is 2.10. The Labute approximate surface area is 91.8 Å². The van der Waals surface area contributed by atoms with Crippen LogP contribution in [0.3, 0.4) is 0 Å². The molecule has 1 rings (SSSR count). The summed E-state index contributed by atoms with van der Waals surface area (Å²) < 4.78 is 5.69. The summed E-state index contributed by atoms with van der Waals surface area (Å²) >= 11 is 0. The number of ether oxygens (including phenoxy) is 1. The van der Waals surface area contributed by atoms with Crippen molar-refractivity contribution in [2.45, 2.75) is 45.3 Å². The van der Waals surface area contributed by atoms with Gasteiger partial charge in [0.2, 0.25) is 5.91 Å². The van der Waals surface area contributed by atoms with Gasteiger partial charge < -0.3 is 15.4 Å². The quantitative estimate of drug-likeness (QED) is 0.707. The Kier molecular flexibility index (Phi) is 5.65. The number of hydrogen-bond acceptors (Lipinski definition) is 3. The summed E-state index contributed by atoms with van der Waals surface area (Å²) in [6.07, 6.45) is 3.00. The lowest BCUT2D eigenvalue weighted by molar-refractivity contribution is -0.122. The first-order valence-corrected chi connectivity index (χ1v) is 5.85. The van der Waals surface area contributed by atoms with Gasteiger partial charge in [-0.1, -0.05) is 0 Å². The first-order chi connectivity index (χ1) is 7.24. The van der Waals surface area contributed by atoms with Crippen molar-refractivity contribution in [2.75, 3.05) is 19.7 Å². The average Bonchev–Trinajstić information content (AvgIpc) is 2.21. The van der Waals surface area contributed by atoms with E-state index in [4.69, 9.17) is 4.74 Å². The van der Waals surface area contributed by atoms with Gasteiger partial charge in [-0.2, -0.15) is 0 Å². The molecule has 88 valence electrons. The van der Waals surface area contributed by atoms with E-state index in [0.29, 0.717) is 25.6 Å². The van der Waals surface area contributed by atoms with Crippen LogP contribution in [0.4, 0.5) is 0 Å². The molecule has 0 bridgehead atoms. The van der Waals surface area contributed by atoms with Gasteiger partial charge in [0.25, 0.3) is 0 Å². The van der Waals surface area contributed by atoms with Crippen molar-refractivity contribution < 1.29 is 9.53 Å². The SMILES string of the molecule is CCNC(=O)CCOC1CCCNC1C. The van der Waals surface area contributed by atoms with Gasteiger partial charge in [0.15, 0.2) is 0 Å². The van der Waals surface area contributed by atoms with E-state index in [0.717, 1.165) is 19.4 Å². The van der Waals surface area contributed by atoms with Gasteiger partial charge in [-0.25, -0.2) is 0 Å². The second kappa shape index (κ2) is 6.80. The van der Waals surface area contributed by atoms with Crippen LogP contribution in [0.25, 0.3) is 0 Å². The summed E-state index contributed by atoms with van der Waals surface area (Å²) in [5.41, 5.74) is 0. The molecule has 1 fully saturated rings. The van der Waals surface area contributed by atoms with Gasteiger partial charge in [0.05, 0.1) is 12.7 Å². The molecule has 0 aromatic rings. The standard InChI is InChI=1S/C11H22N2O2/c1-3-12-11(14)6-8-15-10-5-4-7-13-9(10)2/h9-10,13H,3-8H2,1-2H3,(H,12,14). The fourth-order valence-corrected chi connectivity index (χ4v) is 1.83. The molecule has 0 aromatic heterocycles. The third-order valence-corrected chi connectivity index (χ3v) is 2.72. The highest BCUT2D eigenvalue weighted by Gasteiger charge is 2.21. The molecular weight excluding hydrogens is 192 g/mol. The molecule has 2 atom stereocenters. The molecule has 1 saturated heterocycles. The predicted octanol–water partition coefficient (Wildman–Crippen LogP) is 0.670. The van der Waals surface area contributed by atoms with Gasteiger partial charge in [0, 0.05) is 19.0 Å². The normalized spacial score (nSPS) is 26.3. The van der Waals surface area contributed by atoms with Crippen LogP contribution in [-0.2, 0) is 9.53 Å². The molecule has 2 unspecified atom stereocenters. The van der Waals surface area contributed by atoms with Crippen molar-refractivity contribution in [2.24, 2.45) is 0 Å². The molecule has 0 aliphatic carbocycles. The van der Waals surface area contributed by atoms with E-state index in [1.807, 2.05) is 6.92 Å². The Hall–Kier alpha value is -0.610. The number of hydrogen-bond donors (Lipinski definition) is 2. The van der Waals surface area contributed by atoms with Crippen molar-refractivity contribution in [3.8, 4) is 0 Å². The van der Waals surface area contributed by atoms with Crippen LogP contribution in [0.5, 0.6) is 0 Å². The Morgan fingerprint density at radius 1 is 1.60 bits per heavy atom. The lowest BCUT2D eigenvalue weighted by atomic mass is 10.0. The summed E-state index contributed by atoms with van der Waals surface area (Å²) in [6, 6.07) is 0.410. The third kappa shape index (κ3) is 4.62. The maximum atomic E-state index is 11.2. The number of piperidine rings is 1. The Bertz CT molecular complexity index is 197. The summed E-state index contributed by atoms with van der Waals surface area (Å²) in [6.45, 7) is 6.36. The minimum absolute atomic E-state index is 0.0777. The molecule has 1 aliphatic rings. The van der Waals surface area contributed by atoms with E-state index in [-0.39, 0.29) is 12.0 Å². The number of nitrogens with one attached hydrogen (secondary N) is 2. The highest BCUT2D eigenvalue weighted by molar-refractivity contribution is 5.75. The fourth-order valence-electron chi connectivity index (χ4n) is 1.83. The lowest BCUT2D eigenvalue weighted by Crippen LogP contribution is -2.44. The molecule has 1 aliphatic heterocycles. The van der Waals surface area contributed by atoms with Gasteiger partial charge in [-0.05, 0) is 33.2 Å². The first-order valence-electron chi connectivity index (χ1n) is 5.85. The molecule has 0 aromatic carbocycles. The van der Waals surface area contributed by atoms with Crippen LogP contribution in [0, 0.1) is 0 Å². The van der Waals surface area contributed by atoms with E-state index in [1.165, 1.54) is 0 Å². The number of amides is 1. The summed E-state index contributed by atoms with van der Waals surface area (Å²) in [5, 5.41) is 6.13. The lowest BCUT2D eigenvalue weighted by Gasteiger charge is -2.29. The minimum Gasteiger partial charge on any atom is -0.376 e. The van der Waals surface area contributed by atoms with Crippen molar-refractivity contribution in [3.05, 3.63) is 0 Å². The summed E-state index contributed by atoms with van der Waals surface area (Å²) in [7, 11) is 0. The smallest absolute Gasteiger partial charge is 0.222 e. The Morgan fingerprint density at radius 3 is 3.07 bits per heavy atom. The van der Waals surface area contributed by atoms with Crippen molar-refractivity contribution >= 4 is 5.91 Å². The van der Waals surface area contributed by atoms with Crippen LogP contribution >= 0.6 is 0 Å². The molecule has 1 amide bonds. The molecule has 0 spiro atoms. The first kappa shape index (κ1) is 12.5. The van der Waals surface area contributed by atoms with Crippen molar-refractivity contribution in [3.63, 3.8) is 0 Å². The van der Waals surface area contributed by atoms with Crippen LogP contribution in [-0.4, -0.2) is 37.7 Å². The van der Waals surface area contributed by atoms with E-state index in [2.05, 4.69) is 17.6 Å². The molecule has 0 saturated carbocycles. The third-order valence-electron chi connectivity index (χ3n) is 2.72. The van der Waals surface area contributed by atoms with E-state index >= 15 is 0 Å². The van der Waals surface area contributed by atoms with Gasteiger partial charge in [-0.3, -0.25) is 4.79 Å². The van der Waals surface area contributed by atoms with Crippen LogP contribution in [0.15, 0.2) is 0 Å². The zero-order valence-electron chi connectivity index (χ0n) is 9.71. The number of rotatable bonds is 5. The molecule has 4 nitrogen and oxygen atoms in total. The number of carbonyl (C=O) groups is 1. The second-order valence-corrected chi connectivity index (χ2v) is 4.00. The van der Waals surface area contributed by atoms with Gasteiger partial charge in [-0.15, -0.1) is 0 Å². The fraction of sp³-hybridized carbons (Fsp3) is 0.909. The molecular formula is C11H22N2O2. The van der Waals surface area contributed by atoms with Crippen LogP contribution in [0.2, 0.25) is 0 Å². The largest absolute Gasteiger partial charge is 0.376 e. The van der Waals surface area contributed by atoms with E-state index in [9.17, 15) is 4.79 Å². The molecule has 2 N–H and O–H groups in total. The molecule has 0 radical (unpaired) electrons. The second-order valence-electron chi connectivity index (χ2n) is 4.00. The molecule has 1 heterocycles. The highest BCUT2D eigenvalue weighted by atomic mass is 16.5. The monoisotopic (exact) mass is 214 g/mol. The zero-order chi connectivity index (χ0) is 11.1. The summed E-state index contributed by atoms with van der Waals surface area (Å²) in [4.78, 5) is 11.2. The maximum absolute atomic E-state index is 11.2. The van der Waals surface area contributed by atoms with Crippen molar-refractivity contribution in [1.29, 1.82) is 0 Å². The molecule has 4 heteroatoms. The minimum atomic E-state index is 0.0777. The van der Waals surface area contributed by atoms with Crippen molar-refractivity contribution in [1.82, 2.24) is 10.6 Å². The zero-order valence-corrected chi connectivity index (χ0v) is 9.71. The number of carbonyl (C=O) groups excluding carboxylic acids is 1. The van der Waals surface area contributed by atoms with Gasteiger partial charge >= 0.3 is 0 Å². The predicted molar refractivity (Wildman–Crippen MR) is 59.7 cm³/mol.